The van der Waals surface area contributed by atoms with E-state index in [4.69, 9.17) is 0 Å². The maximum atomic E-state index is 2.53. The van der Waals surface area contributed by atoms with Crippen molar-refractivity contribution in [3.05, 3.63) is 187 Å². The van der Waals surface area contributed by atoms with Crippen molar-refractivity contribution in [2.45, 2.75) is 12.3 Å². The van der Waals surface area contributed by atoms with Gasteiger partial charge in [-0.3, -0.25) is 0 Å². The Labute approximate surface area is 269 Å². The first kappa shape index (κ1) is 26.7. The second-order valence-electron chi connectivity index (χ2n) is 12.4. The van der Waals surface area contributed by atoms with Crippen molar-refractivity contribution in [1.29, 1.82) is 0 Å². The zero-order valence-electron chi connectivity index (χ0n) is 25.5. The van der Waals surface area contributed by atoms with Gasteiger partial charge in [-0.2, -0.15) is 0 Å². The molecule has 0 spiro atoms. The van der Waals surface area contributed by atoms with Gasteiger partial charge < -0.3 is 0 Å². The molecular formula is C46H32. The lowest BCUT2D eigenvalue weighted by molar-refractivity contribution is 0.867. The first-order chi connectivity index (χ1) is 22.8. The minimum Gasteiger partial charge on any atom is -0.0830 e. The zero-order valence-corrected chi connectivity index (χ0v) is 25.5. The average molecular weight is 585 g/mol. The van der Waals surface area contributed by atoms with Crippen LogP contribution in [0, 0.1) is 0 Å². The average Bonchev–Trinajstić information content (AvgIpc) is 3.14. The van der Waals surface area contributed by atoms with Crippen LogP contribution >= 0.6 is 0 Å². The smallest absolute Gasteiger partial charge is 0.00681 e. The summed E-state index contributed by atoms with van der Waals surface area (Å²) in [7, 11) is 0. The van der Waals surface area contributed by atoms with E-state index >= 15 is 0 Å². The topological polar surface area (TPSA) is 0 Å². The summed E-state index contributed by atoms with van der Waals surface area (Å²) in [5.41, 5.74) is 9.03. The third-order valence-corrected chi connectivity index (χ3v) is 9.75. The molecule has 0 bridgehead atoms. The highest BCUT2D eigenvalue weighted by molar-refractivity contribution is 6.19. The molecule has 1 unspecified atom stereocenters. The van der Waals surface area contributed by atoms with E-state index in [1.807, 2.05) is 0 Å². The summed E-state index contributed by atoms with van der Waals surface area (Å²) in [5, 5.41) is 10.5. The molecule has 0 saturated carbocycles. The number of hydrogen-bond donors (Lipinski definition) is 0. The fourth-order valence-electron chi connectivity index (χ4n) is 7.69. The number of rotatable bonds is 4. The van der Waals surface area contributed by atoms with Crippen molar-refractivity contribution in [2.24, 2.45) is 0 Å². The molecule has 1 aliphatic carbocycles. The van der Waals surface area contributed by atoms with Gasteiger partial charge in [-0.05, 0) is 101 Å². The van der Waals surface area contributed by atoms with E-state index in [9.17, 15) is 0 Å². The second-order valence-corrected chi connectivity index (χ2v) is 12.4. The van der Waals surface area contributed by atoms with Crippen molar-refractivity contribution in [1.82, 2.24) is 0 Å². The lowest BCUT2D eigenvalue weighted by atomic mass is 9.80. The van der Waals surface area contributed by atoms with Crippen molar-refractivity contribution in [3.8, 4) is 22.3 Å². The monoisotopic (exact) mass is 584 g/mol. The summed E-state index contributed by atoms with van der Waals surface area (Å²) in [5.74, 6) is 0.286. The van der Waals surface area contributed by atoms with Crippen LogP contribution in [-0.2, 0) is 0 Å². The van der Waals surface area contributed by atoms with Crippen LogP contribution in [0.25, 0.3) is 70.9 Å². The van der Waals surface area contributed by atoms with Gasteiger partial charge >= 0.3 is 0 Å². The molecular weight excluding hydrogens is 553 g/mol. The Bertz CT molecular complexity index is 2440. The molecule has 0 fully saturated rings. The van der Waals surface area contributed by atoms with Crippen molar-refractivity contribution >= 4 is 48.7 Å². The summed E-state index contributed by atoms with van der Waals surface area (Å²) in [4.78, 5) is 0. The van der Waals surface area contributed by atoms with Gasteiger partial charge in [0.2, 0.25) is 0 Å². The predicted molar refractivity (Wildman–Crippen MR) is 198 cm³/mol. The van der Waals surface area contributed by atoms with E-state index in [1.165, 1.54) is 82.0 Å². The van der Waals surface area contributed by atoms with Gasteiger partial charge in [0, 0.05) is 5.92 Å². The Morgan fingerprint density at radius 2 is 0.935 bits per heavy atom. The lowest BCUT2D eigenvalue weighted by Crippen LogP contribution is -2.02. The Kier molecular flexibility index (Phi) is 6.39. The van der Waals surface area contributed by atoms with Gasteiger partial charge in [0.1, 0.15) is 0 Å². The maximum absolute atomic E-state index is 2.53. The quantitative estimate of drug-likeness (QED) is 0.143. The van der Waals surface area contributed by atoms with Gasteiger partial charge in [-0.25, -0.2) is 0 Å². The molecule has 1 aliphatic rings. The molecule has 8 aromatic rings. The molecule has 46 heavy (non-hydrogen) atoms. The van der Waals surface area contributed by atoms with Crippen LogP contribution in [0.2, 0.25) is 0 Å². The van der Waals surface area contributed by atoms with E-state index in [2.05, 4.69) is 176 Å². The zero-order chi connectivity index (χ0) is 30.5. The fourth-order valence-corrected chi connectivity index (χ4v) is 7.69. The van der Waals surface area contributed by atoms with Crippen molar-refractivity contribution < 1.29 is 0 Å². The largest absolute Gasteiger partial charge is 0.0830 e. The van der Waals surface area contributed by atoms with Crippen LogP contribution in [0.3, 0.4) is 0 Å². The molecule has 0 radical (unpaired) electrons. The van der Waals surface area contributed by atoms with Gasteiger partial charge in [0.25, 0.3) is 0 Å². The van der Waals surface area contributed by atoms with Crippen LogP contribution in [-0.4, -0.2) is 0 Å². The molecule has 0 amide bonds. The fraction of sp³-hybridized carbons (Fsp3) is 0.0435. The molecule has 0 N–H and O–H groups in total. The van der Waals surface area contributed by atoms with E-state index in [-0.39, 0.29) is 5.92 Å². The van der Waals surface area contributed by atoms with E-state index in [0.717, 1.165) is 6.42 Å². The summed E-state index contributed by atoms with van der Waals surface area (Å²) in [6, 6.07) is 57.8. The molecule has 8 aromatic carbocycles. The summed E-state index contributed by atoms with van der Waals surface area (Å²) < 4.78 is 0. The number of allylic oxidation sites excluding steroid dienone is 4. The molecule has 0 aliphatic heterocycles. The third-order valence-electron chi connectivity index (χ3n) is 9.75. The van der Waals surface area contributed by atoms with E-state index < -0.39 is 0 Å². The first-order valence-corrected chi connectivity index (χ1v) is 16.2. The van der Waals surface area contributed by atoms with Crippen LogP contribution in [0.5, 0.6) is 0 Å². The highest BCUT2D eigenvalue weighted by Crippen LogP contribution is 2.45. The Morgan fingerprint density at radius 1 is 0.391 bits per heavy atom. The minimum absolute atomic E-state index is 0.286. The molecule has 216 valence electrons. The highest BCUT2D eigenvalue weighted by atomic mass is 14.2. The number of fused-ring (bicyclic) bond motifs is 5. The van der Waals surface area contributed by atoms with Crippen molar-refractivity contribution in [3.63, 3.8) is 0 Å². The second kappa shape index (κ2) is 11.0. The molecule has 9 rings (SSSR count). The standard InChI is InChI=1S/C46H32/c1-2-14-31(15-3-1)32-17-12-19-35(28-32)45-40-24-8-10-26-42(40)46(43-27-11-9-25-41(43)45)36-20-13-18-33(29-36)44-30-34-16-4-5-21-37(34)38-22-6-7-23-39(38)44/h1-17,19-30,33H,18H2. The molecule has 1 atom stereocenters. The normalized spacial score (nSPS) is 14.7. The Balaban J connectivity index is 1.27. The molecule has 0 aromatic heterocycles. The molecule has 0 nitrogen and oxygen atoms in total. The van der Waals surface area contributed by atoms with Gasteiger partial charge in [-0.1, -0.05) is 164 Å². The first-order valence-electron chi connectivity index (χ1n) is 16.2. The summed E-state index contributed by atoms with van der Waals surface area (Å²) in [6.07, 6.45) is 8.25. The lowest BCUT2D eigenvalue weighted by Gasteiger charge is -2.23. The predicted octanol–water partition coefficient (Wildman–Crippen LogP) is 12.8. The highest BCUT2D eigenvalue weighted by Gasteiger charge is 2.21. The van der Waals surface area contributed by atoms with Crippen LogP contribution < -0.4 is 0 Å². The Hall–Kier alpha value is -5.72. The van der Waals surface area contributed by atoms with E-state index in [1.54, 1.807) is 0 Å². The maximum Gasteiger partial charge on any atom is 0.00681 e. The Morgan fingerprint density at radius 3 is 1.65 bits per heavy atom. The van der Waals surface area contributed by atoms with Gasteiger partial charge in [0.05, 0.1) is 0 Å². The third kappa shape index (κ3) is 4.37. The number of benzene rings is 8. The van der Waals surface area contributed by atoms with Crippen LogP contribution in [0.4, 0.5) is 0 Å². The molecule has 0 heterocycles. The van der Waals surface area contributed by atoms with E-state index in [0.29, 0.717) is 0 Å². The van der Waals surface area contributed by atoms with Crippen LogP contribution in [0.1, 0.15) is 23.5 Å². The minimum atomic E-state index is 0.286. The van der Waals surface area contributed by atoms with Gasteiger partial charge in [-0.15, -0.1) is 0 Å². The van der Waals surface area contributed by atoms with Gasteiger partial charge in [0.15, 0.2) is 0 Å². The van der Waals surface area contributed by atoms with Crippen LogP contribution in [0.15, 0.2) is 176 Å². The molecule has 0 heteroatoms. The van der Waals surface area contributed by atoms with Crippen molar-refractivity contribution in [2.75, 3.05) is 0 Å². The molecule has 0 saturated heterocycles. The number of hydrogen-bond acceptors (Lipinski definition) is 0. The summed E-state index contributed by atoms with van der Waals surface area (Å²) in [6.45, 7) is 0. The summed E-state index contributed by atoms with van der Waals surface area (Å²) >= 11 is 0. The SMILES string of the molecule is C1=CC(c2c3ccccc3c(-c3cccc(-c4ccccc4)c3)c3ccccc23)=CC(c2cc3ccccc3c3ccccc23)C1.